The number of rotatable bonds is 4. The largest absolute Gasteiger partial charge is 0.507 e. The second-order valence-corrected chi connectivity index (χ2v) is 10.1. The van der Waals surface area contributed by atoms with Gasteiger partial charge in [0.15, 0.2) is 0 Å². The van der Waals surface area contributed by atoms with Crippen LogP contribution in [0.1, 0.15) is 63.5 Å². The van der Waals surface area contributed by atoms with Crippen molar-refractivity contribution in [3.05, 3.63) is 40.4 Å². The Morgan fingerprint density at radius 2 is 1.65 bits per heavy atom. The molecule has 5 heteroatoms. The molecule has 26 heavy (non-hydrogen) atoms. The number of hydrogen-bond acceptors (Lipinski definition) is 4. The zero-order valence-corrected chi connectivity index (χ0v) is 17.9. The first-order valence-electron chi connectivity index (χ1n) is 9.07. The summed E-state index contributed by atoms with van der Waals surface area (Å²) in [5, 5.41) is 14.5. The van der Waals surface area contributed by atoms with E-state index in [1.54, 1.807) is 4.90 Å². The molecule has 0 aromatic heterocycles. The number of nitrogens with one attached hydrogen (secondary N) is 1. The zero-order chi connectivity index (χ0) is 19.9. The van der Waals surface area contributed by atoms with Crippen LogP contribution in [0.5, 0.6) is 5.75 Å². The SMILES string of the molecule is C=C1SC(c2cc(C(C)(C)C)c(O)c(C(C)(C)C)c2)C(=O)N1CCNC. The fourth-order valence-corrected chi connectivity index (χ4v) is 4.22. The highest BCUT2D eigenvalue weighted by molar-refractivity contribution is 8.04. The molecule has 1 aliphatic heterocycles. The molecule has 0 bridgehead atoms. The molecule has 1 aromatic rings. The van der Waals surface area contributed by atoms with Crippen LogP contribution in [-0.4, -0.2) is 36.1 Å². The number of thioether (sulfide) groups is 1. The van der Waals surface area contributed by atoms with Gasteiger partial charge in [-0.3, -0.25) is 4.79 Å². The van der Waals surface area contributed by atoms with Crippen LogP contribution in [0, 0.1) is 0 Å². The first-order valence-corrected chi connectivity index (χ1v) is 9.95. The molecule has 4 nitrogen and oxygen atoms in total. The molecule has 1 atom stereocenters. The molecular weight excluding hydrogens is 344 g/mol. The lowest BCUT2D eigenvalue weighted by atomic mass is 9.78. The third kappa shape index (κ3) is 4.09. The Morgan fingerprint density at radius 1 is 1.15 bits per heavy atom. The summed E-state index contributed by atoms with van der Waals surface area (Å²) in [7, 11) is 1.87. The molecule has 1 amide bonds. The second kappa shape index (κ2) is 7.28. The minimum absolute atomic E-state index is 0.0701. The zero-order valence-electron chi connectivity index (χ0n) is 17.1. The average molecular weight is 377 g/mol. The molecule has 0 radical (unpaired) electrons. The van der Waals surface area contributed by atoms with Crippen molar-refractivity contribution in [3.63, 3.8) is 0 Å². The van der Waals surface area contributed by atoms with E-state index < -0.39 is 0 Å². The molecule has 1 saturated heterocycles. The molecule has 2 N–H and O–H groups in total. The van der Waals surface area contributed by atoms with Crippen LogP contribution in [-0.2, 0) is 15.6 Å². The molecule has 1 heterocycles. The van der Waals surface area contributed by atoms with E-state index >= 15 is 0 Å². The monoisotopic (exact) mass is 376 g/mol. The average Bonchev–Trinajstić information content (AvgIpc) is 2.78. The third-order valence-electron chi connectivity index (χ3n) is 4.68. The number of amides is 1. The van der Waals surface area contributed by atoms with Gasteiger partial charge in [0.05, 0.1) is 5.03 Å². The van der Waals surface area contributed by atoms with Crippen LogP contribution in [0.15, 0.2) is 23.7 Å². The van der Waals surface area contributed by atoms with Crippen molar-refractivity contribution in [2.24, 2.45) is 0 Å². The number of nitrogens with zero attached hydrogens (tertiary/aromatic N) is 1. The minimum Gasteiger partial charge on any atom is -0.507 e. The molecule has 1 aliphatic rings. The maximum atomic E-state index is 13.0. The molecule has 144 valence electrons. The topological polar surface area (TPSA) is 52.6 Å². The summed E-state index contributed by atoms with van der Waals surface area (Å²) < 4.78 is 0. The Balaban J connectivity index is 2.53. The highest BCUT2D eigenvalue weighted by atomic mass is 32.2. The number of phenolic OH excluding ortho intramolecular Hbond substituents is 1. The Bertz CT molecular complexity index is 679. The van der Waals surface area contributed by atoms with Crippen molar-refractivity contribution in [2.45, 2.75) is 57.6 Å². The number of likely N-dealkylation sites (N-methyl/N-ethyl adjacent to an activating group) is 1. The second-order valence-electron chi connectivity index (χ2n) is 8.95. The van der Waals surface area contributed by atoms with Gasteiger partial charge in [-0.1, -0.05) is 59.9 Å². The van der Waals surface area contributed by atoms with Gasteiger partial charge in [0.2, 0.25) is 5.91 Å². The summed E-state index contributed by atoms with van der Waals surface area (Å²) in [4.78, 5) is 14.7. The summed E-state index contributed by atoms with van der Waals surface area (Å²) in [6.45, 7) is 17.9. The van der Waals surface area contributed by atoms with E-state index in [4.69, 9.17) is 0 Å². The fraction of sp³-hybridized carbons (Fsp3) is 0.571. The first kappa shape index (κ1) is 20.8. The fourth-order valence-electron chi connectivity index (χ4n) is 3.14. The lowest BCUT2D eigenvalue weighted by Crippen LogP contribution is -2.32. The van der Waals surface area contributed by atoms with Crippen LogP contribution >= 0.6 is 11.8 Å². The maximum absolute atomic E-state index is 13.0. The number of aromatic hydroxyl groups is 1. The van der Waals surface area contributed by atoms with Gasteiger partial charge in [0, 0.05) is 13.1 Å². The standard InChI is InChI=1S/C21H32N2O2S/c1-13-23(10-9-22-8)19(25)18(26-13)14-11-15(20(2,3)4)17(24)16(12-14)21(5,6)7/h11-12,18,22,24H,1,9-10H2,2-8H3. The van der Waals surface area contributed by atoms with Gasteiger partial charge >= 0.3 is 0 Å². The van der Waals surface area contributed by atoms with Crippen LogP contribution < -0.4 is 5.32 Å². The highest BCUT2D eigenvalue weighted by Crippen LogP contribution is 2.48. The number of benzene rings is 1. The van der Waals surface area contributed by atoms with Crippen molar-refractivity contribution < 1.29 is 9.90 Å². The molecule has 1 aromatic carbocycles. The summed E-state index contributed by atoms with van der Waals surface area (Å²) in [5.41, 5.74) is 2.28. The van der Waals surface area contributed by atoms with Crippen molar-refractivity contribution >= 4 is 17.7 Å². The van der Waals surface area contributed by atoms with Crippen LogP contribution in [0.3, 0.4) is 0 Å². The number of carbonyl (C=O) groups is 1. The molecular formula is C21H32N2O2S. The number of hydrogen-bond donors (Lipinski definition) is 2. The Labute approximate surface area is 162 Å². The third-order valence-corrected chi connectivity index (χ3v) is 5.88. The molecule has 0 aliphatic carbocycles. The highest BCUT2D eigenvalue weighted by Gasteiger charge is 2.38. The van der Waals surface area contributed by atoms with E-state index in [0.717, 1.165) is 28.3 Å². The van der Waals surface area contributed by atoms with Crippen molar-refractivity contribution in [3.8, 4) is 5.75 Å². The molecule has 1 unspecified atom stereocenters. The Morgan fingerprint density at radius 3 is 2.08 bits per heavy atom. The predicted molar refractivity (Wildman–Crippen MR) is 111 cm³/mol. The number of phenols is 1. The normalized spacial score (nSPS) is 18.7. The molecule has 0 saturated carbocycles. The van der Waals surface area contributed by atoms with Crippen molar-refractivity contribution in [1.82, 2.24) is 10.2 Å². The maximum Gasteiger partial charge on any atom is 0.245 e. The first-order chi connectivity index (χ1) is 11.9. The van der Waals surface area contributed by atoms with Crippen molar-refractivity contribution in [2.75, 3.05) is 20.1 Å². The number of carbonyl (C=O) groups excluding carboxylic acids is 1. The van der Waals surface area contributed by atoms with E-state index in [0.29, 0.717) is 12.3 Å². The summed E-state index contributed by atoms with van der Waals surface area (Å²) >= 11 is 1.50. The van der Waals surface area contributed by atoms with Gasteiger partial charge in [-0.2, -0.15) is 0 Å². The van der Waals surface area contributed by atoms with Gasteiger partial charge in [0.1, 0.15) is 11.0 Å². The summed E-state index contributed by atoms with van der Waals surface area (Å²) in [6, 6.07) is 3.99. The van der Waals surface area contributed by atoms with Crippen LogP contribution in [0.25, 0.3) is 0 Å². The molecule has 1 fully saturated rings. The van der Waals surface area contributed by atoms with E-state index in [1.165, 1.54) is 11.8 Å². The van der Waals surface area contributed by atoms with Gasteiger partial charge in [0.25, 0.3) is 0 Å². The van der Waals surface area contributed by atoms with E-state index in [2.05, 4.69) is 53.4 Å². The quantitative estimate of drug-likeness (QED) is 0.823. The summed E-state index contributed by atoms with van der Waals surface area (Å²) in [5.74, 6) is 0.413. The van der Waals surface area contributed by atoms with Crippen LogP contribution in [0.4, 0.5) is 0 Å². The van der Waals surface area contributed by atoms with Crippen molar-refractivity contribution in [1.29, 1.82) is 0 Å². The van der Waals surface area contributed by atoms with Crippen LogP contribution in [0.2, 0.25) is 0 Å². The molecule has 2 rings (SSSR count). The Kier molecular flexibility index (Phi) is 5.83. The lowest BCUT2D eigenvalue weighted by molar-refractivity contribution is -0.127. The smallest absolute Gasteiger partial charge is 0.245 e. The minimum atomic E-state index is -0.304. The van der Waals surface area contributed by atoms with Gasteiger partial charge in [-0.25, -0.2) is 0 Å². The predicted octanol–water partition coefficient (Wildman–Crippen LogP) is 4.29. The van der Waals surface area contributed by atoms with Gasteiger partial charge in [-0.05, 0) is 46.7 Å². The lowest BCUT2D eigenvalue weighted by Gasteiger charge is -2.29. The van der Waals surface area contributed by atoms with E-state index in [1.807, 2.05) is 19.2 Å². The van der Waals surface area contributed by atoms with Gasteiger partial charge in [-0.15, -0.1) is 0 Å². The summed E-state index contributed by atoms with van der Waals surface area (Å²) in [6.07, 6.45) is 0. The molecule has 0 spiro atoms. The van der Waals surface area contributed by atoms with E-state index in [-0.39, 0.29) is 22.0 Å². The Hall–Kier alpha value is -1.46. The van der Waals surface area contributed by atoms with Gasteiger partial charge < -0.3 is 15.3 Å². The van der Waals surface area contributed by atoms with E-state index in [9.17, 15) is 9.90 Å².